The summed E-state index contributed by atoms with van der Waals surface area (Å²) in [5.74, 6) is -0.106. The zero-order chi connectivity index (χ0) is 15.5. The van der Waals surface area contributed by atoms with Crippen molar-refractivity contribution in [2.75, 3.05) is 5.32 Å². The Morgan fingerprint density at radius 2 is 2.00 bits per heavy atom. The van der Waals surface area contributed by atoms with E-state index >= 15 is 0 Å². The lowest BCUT2D eigenvalue weighted by Gasteiger charge is -2.07. The van der Waals surface area contributed by atoms with Crippen LogP contribution in [0.5, 0.6) is 0 Å². The average molecular weight is 420 g/mol. The summed E-state index contributed by atoms with van der Waals surface area (Å²) in [6.45, 7) is 1.98. The fourth-order valence-electron chi connectivity index (χ4n) is 2.09. The Morgan fingerprint density at radius 1 is 1.18 bits per heavy atom. The summed E-state index contributed by atoms with van der Waals surface area (Å²) in [5, 5.41) is 5.99. The number of halogens is 1. The highest BCUT2D eigenvalue weighted by Gasteiger charge is 2.08. The Balaban J connectivity index is 1.82. The van der Waals surface area contributed by atoms with Gasteiger partial charge >= 0.3 is 0 Å². The molecule has 0 atom stereocenters. The van der Waals surface area contributed by atoms with Gasteiger partial charge in [-0.3, -0.25) is 4.79 Å². The summed E-state index contributed by atoms with van der Waals surface area (Å²) in [6.07, 6.45) is 0. The smallest absolute Gasteiger partial charge is 0.255 e. The first-order chi connectivity index (χ1) is 10.6. The molecule has 0 spiro atoms. The number of carbonyl (C=O) groups excluding carboxylic acids is 1. The molecule has 1 aromatic heterocycles. The second kappa shape index (κ2) is 6.58. The lowest BCUT2D eigenvalue weighted by molar-refractivity contribution is 0.102. The molecular weight excluding hydrogens is 407 g/mol. The minimum absolute atomic E-state index is 0.106. The molecule has 0 unspecified atom stereocenters. The van der Waals surface area contributed by atoms with Crippen LogP contribution in [0.2, 0.25) is 0 Å². The second-order valence-corrected chi connectivity index (χ2v) is 7.10. The quantitative estimate of drug-likeness (QED) is 0.608. The number of benzene rings is 2. The van der Waals surface area contributed by atoms with Crippen LogP contribution in [0.4, 0.5) is 5.69 Å². The summed E-state index contributed by atoms with van der Waals surface area (Å²) in [5.41, 5.74) is 3.37. The Morgan fingerprint density at radius 3 is 2.73 bits per heavy atom. The molecule has 0 aliphatic heterocycles. The number of hydrogen-bond donors (Lipinski definition) is 1. The van der Waals surface area contributed by atoms with E-state index in [2.05, 4.69) is 32.9 Å². The van der Waals surface area contributed by atoms with Gasteiger partial charge in [0.2, 0.25) is 0 Å². The van der Waals surface area contributed by atoms with Crippen molar-refractivity contribution >= 4 is 45.5 Å². The molecule has 0 aliphatic carbocycles. The van der Waals surface area contributed by atoms with Crippen LogP contribution in [0.3, 0.4) is 0 Å². The molecule has 3 aromatic rings. The predicted molar refractivity (Wildman–Crippen MR) is 99.4 cm³/mol. The summed E-state index contributed by atoms with van der Waals surface area (Å²) in [6, 6.07) is 15.3. The van der Waals surface area contributed by atoms with Crippen LogP contribution >= 0.6 is 33.9 Å². The molecule has 1 N–H and O–H groups in total. The molecule has 0 aliphatic rings. The number of aromatic nitrogens is 1. The maximum Gasteiger partial charge on any atom is 0.255 e. The van der Waals surface area contributed by atoms with Crippen molar-refractivity contribution in [2.45, 2.75) is 6.92 Å². The Kier molecular flexibility index (Phi) is 4.54. The monoisotopic (exact) mass is 420 g/mol. The zero-order valence-electron chi connectivity index (χ0n) is 11.8. The molecule has 1 amide bonds. The molecule has 0 fully saturated rings. The average Bonchev–Trinajstić information content (AvgIpc) is 2.94. The first-order valence-corrected chi connectivity index (χ1v) is 8.67. The van der Waals surface area contributed by atoms with Gasteiger partial charge in [-0.1, -0.05) is 18.2 Å². The van der Waals surface area contributed by atoms with Gasteiger partial charge in [0.25, 0.3) is 5.91 Å². The predicted octanol–water partition coefficient (Wildman–Crippen LogP) is 4.98. The molecule has 3 nitrogen and oxygen atoms in total. The summed E-state index contributed by atoms with van der Waals surface area (Å²) in [7, 11) is 0. The Labute approximate surface area is 146 Å². The van der Waals surface area contributed by atoms with Gasteiger partial charge in [0.15, 0.2) is 0 Å². The van der Waals surface area contributed by atoms with Gasteiger partial charge in [0, 0.05) is 25.8 Å². The van der Waals surface area contributed by atoms with E-state index in [1.165, 1.54) is 0 Å². The van der Waals surface area contributed by atoms with E-state index < -0.39 is 0 Å². The van der Waals surface area contributed by atoms with Gasteiger partial charge in [-0.05, 0) is 59.8 Å². The lowest BCUT2D eigenvalue weighted by atomic mass is 10.1. The molecule has 0 saturated heterocycles. The number of thiazole rings is 1. The van der Waals surface area contributed by atoms with Crippen LogP contribution < -0.4 is 5.32 Å². The largest absolute Gasteiger partial charge is 0.322 e. The van der Waals surface area contributed by atoms with Crippen LogP contribution in [0.15, 0.2) is 53.9 Å². The molecule has 22 heavy (non-hydrogen) atoms. The number of hydrogen-bond acceptors (Lipinski definition) is 3. The van der Waals surface area contributed by atoms with Gasteiger partial charge in [0.1, 0.15) is 0 Å². The third-order valence-electron chi connectivity index (χ3n) is 3.12. The molecular formula is C17H13IN2OS. The minimum Gasteiger partial charge on any atom is -0.322 e. The fraction of sp³-hybridized carbons (Fsp3) is 0.0588. The van der Waals surface area contributed by atoms with Crippen molar-refractivity contribution in [3.05, 3.63) is 68.1 Å². The number of nitrogens with one attached hydrogen (secondary N) is 1. The van der Waals surface area contributed by atoms with Crippen LogP contribution in [0.25, 0.3) is 11.3 Å². The van der Waals surface area contributed by atoms with Crippen molar-refractivity contribution in [3.8, 4) is 11.3 Å². The standard InChI is InChI=1S/C17H13IN2OS/c1-11-19-16(10-22-11)12-4-3-7-15(9-12)20-17(21)13-5-2-6-14(18)8-13/h2-10H,1H3,(H,20,21). The number of nitrogens with zero attached hydrogens (tertiary/aromatic N) is 1. The van der Waals surface area contributed by atoms with Crippen molar-refractivity contribution < 1.29 is 4.79 Å². The normalized spacial score (nSPS) is 10.5. The number of amides is 1. The van der Waals surface area contributed by atoms with Crippen molar-refractivity contribution in [2.24, 2.45) is 0 Å². The van der Waals surface area contributed by atoms with Gasteiger partial charge in [-0.2, -0.15) is 0 Å². The Bertz CT molecular complexity index is 829. The highest BCUT2D eigenvalue weighted by molar-refractivity contribution is 14.1. The van der Waals surface area contributed by atoms with Crippen LogP contribution in [-0.2, 0) is 0 Å². The summed E-state index contributed by atoms with van der Waals surface area (Å²) < 4.78 is 1.04. The summed E-state index contributed by atoms with van der Waals surface area (Å²) >= 11 is 3.82. The van der Waals surface area contributed by atoms with Crippen LogP contribution in [0, 0.1) is 10.5 Å². The molecule has 2 aromatic carbocycles. The van der Waals surface area contributed by atoms with Crippen LogP contribution in [-0.4, -0.2) is 10.9 Å². The molecule has 1 heterocycles. The van der Waals surface area contributed by atoms with E-state index in [4.69, 9.17) is 0 Å². The lowest BCUT2D eigenvalue weighted by Crippen LogP contribution is -2.11. The minimum atomic E-state index is -0.106. The highest BCUT2D eigenvalue weighted by Crippen LogP contribution is 2.24. The van der Waals surface area contributed by atoms with E-state index in [0.717, 1.165) is 25.5 Å². The molecule has 0 saturated carbocycles. The molecule has 110 valence electrons. The van der Waals surface area contributed by atoms with E-state index in [1.807, 2.05) is 60.8 Å². The Hall–Kier alpha value is -1.73. The number of rotatable bonds is 3. The maximum atomic E-state index is 12.3. The van der Waals surface area contributed by atoms with Crippen molar-refractivity contribution in [1.29, 1.82) is 0 Å². The van der Waals surface area contributed by atoms with Gasteiger partial charge < -0.3 is 5.32 Å². The highest BCUT2D eigenvalue weighted by atomic mass is 127. The van der Waals surface area contributed by atoms with Gasteiger partial charge in [-0.25, -0.2) is 4.98 Å². The number of aryl methyl sites for hydroxylation is 1. The van der Waals surface area contributed by atoms with Crippen molar-refractivity contribution in [3.63, 3.8) is 0 Å². The molecule has 0 bridgehead atoms. The molecule has 3 rings (SSSR count). The van der Waals surface area contributed by atoms with E-state index in [-0.39, 0.29) is 5.91 Å². The number of anilines is 1. The van der Waals surface area contributed by atoms with E-state index in [0.29, 0.717) is 5.56 Å². The first kappa shape index (κ1) is 15.2. The SMILES string of the molecule is Cc1nc(-c2cccc(NC(=O)c3cccc(I)c3)c2)cs1. The third-order valence-corrected chi connectivity index (χ3v) is 4.57. The van der Waals surface area contributed by atoms with E-state index in [9.17, 15) is 4.79 Å². The second-order valence-electron chi connectivity index (χ2n) is 4.80. The van der Waals surface area contributed by atoms with Crippen LogP contribution in [0.1, 0.15) is 15.4 Å². The fourth-order valence-corrected chi connectivity index (χ4v) is 3.25. The van der Waals surface area contributed by atoms with Gasteiger partial charge in [0.05, 0.1) is 10.7 Å². The van der Waals surface area contributed by atoms with Crippen molar-refractivity contribution in [1.82, 2.24) is 4.98 Å². The van der Waals surface area contributed by atoms with E-state index in [1.54, 1.807) is 11.3 Å². The first-order valence-electron chi connectivity index (χ1n) is 6.71. The molecule has 5 heteroatoms. The van der Waals surface area contributed by atoms with Gasteiger partial charge in [-0.15, -0.1) is 11.3 Å². The maximum absolute atomic E-state index is 12.3. The summed E-state index contributed by atoms with van der Waals surface area (Å²) in [4.78, 5) is 16.8. The zero-order valence-corrected chi connectivity index (χ0v) is 14.8. The molecule has 0 radical (unpaired) electrons. The third kappa shape index (κ3) is 3.53. The number of carbonyl (C=O) groups is 1. The topological polar surface area (TPSA) is 42.0 Å².